The summed E-state index contributed by atoms with van der Waals surface area (Å²) < 4.78 is 5.27. The Morgan fingerprint density at radius 2 is 1.92 bits per heavy atom. The molecule has 24 heavy (non-hydrogen) atoms. The Hall–Kier alpha value is -2.36. The lowest BCUT2D eigenvalue weighted by atomic mass is 9.75. The van der Waals surface area contributed by atoms with E-state index in [2.05, 4.69) is 5.32 Å². The van der Waals surface area contributed by atoms with Crippen molar-refractivity contribution >= 4 is 11.8 Å². The number of nitrogens with one attached hydrogen (secondary N) is 1. The van der Waals surface area contributed by atoms with Crippen LogP contribution in [-0.2, 0) is 14.3 Å². The van der Waals surface area contributed by atoms with Crippen LogP contribution >= 0.6 is 0 Å². The van der Waals surface area contributed by atoms with Gasteiger partial charge in [-0.2, -0.15) is 0 Å². The van der Waals surface area contributed by atoms with Gasteiger partial charge in [-0.15, -0.1) is 0 Å². The Bertz CT molecular complexity index is 741. The van der Waals surface area contributed by atoms with E-state index in [4.69, 9.17) is 4.74 Å². The molecule has 1 N–H and O–H groups in total. The summed E-state index contributed by atoms with van der Waals surface area (Å²) in [7, 11) is 0. The van der Waals surface area contributed by atoms with Gasteiger partial charge in [0.15, 0.2) is 5.78 Å². The van der Waals surface area contributed by atoms with E-state index in [1.165, 1.54) is 0 Å². The zero-order valence-electron chi connectivity index (χ0n) is 14.4. The monoisotopic (exact) mass is 325 g/mol. The van der Waals surface area contributed by atoms with Crippen LogP contribution in [0.2, 0.25) is 0 Å². The van der Waals surface area contributed by atoms with Gasteiger partial charge >= 0.3 is 5.97 Å². The molecule has 0 fully saturated rings. The van der Waals surface area contributed by atoms with E-state index < -0.39 is 0 Å². The van der Waals surface area contributed by atoms with E-state index >= 15 is 0 Å². The third-order valence-corrected chi connectivity index (χ3v) is 4.68. The molecule has 4 heteroatoms. The van der Waals surface area contributed by atoms with Crippen molar-refractivity contribution in [3.63, 3.8) is 0 Å². The second-order valence-electron chi connectivity index (χ2n) is 6.40. The molecule has 1 heterocycles. The fourth-order valence-corrected chi connectivity index (χ4v) is 3.55. The van der Waals surface area contributed by atoms with Gasteiger partial charge in [0.1, 0.15) is 0 Å². The number of hydrogen-bond acceptors (Lipinski definition) is 4. The highest BCUT2D eigenvalue weighted by molar-refractivity contribution is 6.03. The number of aryl methyl sites for hydroxylation is 1. The second-order valence-corrected chi connectivity index (χ2v) is 6.40. The molecular formula is C20H23NO3. The number of hydrogen-bond donors (Lipinski definition) is 1. The Labute approximate surface area is 142 Å². The van der Waals surface area contributed by atoms with Gasteiger partial charge in [0.25, 0.3) is 0 Å². The summed E-state index contributed by atoms with van der Waals surface area (Å²) in [6, 6.07) is 8.04. The third kappa shape index (κ3) is 2.88. The van der Waals surface area contributed by atoms with Crippen molar-refractivity contribution in [3.8, 4) is 0 Å². The molecule has 1 atom stereocenters. The highest BCUT2D eigenvalue weighted by Crippen LogP contribution is 2.42. The zero-order valence-corrected chi connectivity index (χ0v) is 14.4. The van der Waals surface area contributed by atoms with Gasteiger partial charge in [0.05, 0.1) is 12.2 Å². The average Bonchev–Trinajstić information content (AvgIpc) is 2.55. The molecule has 3 rings (SSSR count). The maximum Gasteiger partial charge on any atom is 0.336 e. The van der Waals surface area contributed by atoms with E-state index in [0.29, 0.717) is 18.6 Å². The molecule has 0 radical (unpaired) electrons. The van der Waals surface area contributed by atoms with Gasteiger partial charge in [0.2, 0.25) is 0 Å². The van der Waals surface area contributed by atoms with Gasteiger partial charge < -0.3 is 10.1 Å². The first-order valence-electron chi connectivity index (χ1n) is 8.50. The van der Waals surface area contributed by atoms with Crippen LogP contribution in [0.15, 0.2) is 46.8 Å². The van der Waals surface area contributed by atoms with E-state index in [9.17, 15) is 9.59 Å². The van der Waals surface area contributed by atoms with Crippen LogP contribution in [0.4, 0.5) is 0 Å². The number of benzene rings is 1. The fourth-order valence-electron chi connectivity index (χ4n) is 3.55. The molecule has 0 unspecified atom stereocenters. The number of Topliss-reactive ketones (excluding diaryl/α,β-unsaturated/α-hetero) is 1. The molecule has 0 aromatic heterocycles. The molecule has 0 bridgehead atoms. The van der Waals surface area contributed by atoms with Crippen molar-refractivity contribution in [2.45, 2.75) is 46.0 Å². The number of carbonyl (C=O) groups is 2. The highest BCUT2D eigenvalue weighted by Gasteiger charge is 2.38. The lowest BCUT2D eigenvalue weighted by Gasteiger charge is -2.34. The summed E-state index contributed by atoms with van der Waals surface area (Å²) in [4.78, 5) is 25.2. The van der Waals surface area contributed by atoms with Gasteiger partial charge in [-0.3, -0.25) is 4.79 Å². The second kappa shape index (κ2) is 6.63. The Morgan fingerprint density at radius 3 is 2.58 bits per heavy atom. The molecule has 1 aliphatic heterocycles. The minimum absolute atomic E-state index is 0.128. The van der Waals surface area contributed by atoms with Crippen molar-refractivity contribution < 1.29 is 14.3 Å². The van der Waals surface area contributed by atoms with E-state index in [-0.39, 0.29) is 17.7 Å². The van der Waals surface area contributed by atoms with Crippen LogP contribution in [0.3, 0.4) is 0 Å². The molecular weight excluding hydrogens is 302 g/mol. The van der Waals surface area contributed by atoms with Crippen molar-refractivity contribution in [1.29, 1.82) is 0 Å². The SMILES string of the molecule is CCOC(=O)C1=C(C)NC2=C(C(=O)CCC2)[C@@H]1c1ccc(C)cc1. The van der Waals surface area contributed by atoms with Crippen molar-refractivity contribution in [1.82, 2.24) is 5.32 Å². The molecule has 2 aliphatic rings. The first-order valence-corrected chi connectivity index (χ1v) is 8.50. The molecule has 1 aromatic carbocycles. The van der Waals surface area contributed by atoms with Crippen LogP contribution in [0.5, 0.6) is 0 Å². The number of ketones is 1. The lowest BCUT2D eigenvalue weighted by Crippen LogP contribution is -2.34. The molecule has 0 amide bonds. The molecule has 0 saturated carbocycles. The molecule has 0 saturated heterocycles. The number of ether oxygens (including phenoxy) is 1. The quantitative estimate of drug-likeness (QED) is 0.864. The standard InChI is InChI=1S/C20H23NO3/c1-4-24-20(23)17-13(3)21-15-6-5-7-16(22)19(15)18(17)14-10-8-12(2)9-11-14/h8-11,18,21H,4-7H2,1-3H3/t18-/m1/s1. The molecule has 0 spiro atoms. The summed E-state index contributed by atoms with van der Waals surface area (Å²) in [5.41, 5.74) is 5.14. The minimum Gasteiger partial charge on any atom is -0.463 e. The fraction of sp³-hybridized carbons (Fsp3) is 0.400. The number of carbonyl (C=O) groups excluding carboxylic acids is 2. The molecule has 4 nitrogen and oxygen atoms in total. The van der Waals surface area contributed by atoms with E-state index in [1.807, 2.05) is 38.1 Å². The Balaban J connectivity index is 2.15. The Morgan fingerprint density at radius 1 is 1.21 bits per heavy atom. The summed E-state index contributed by atoms with van der Waals surface area (Å²) in [6.45, 7) is 6.02. The van der Waals surface area contributed by atoms with Crippen LogP contribution in [0.25, 0.3) is 0 Å². The molecule has 126 valence electrons. The normalized spacial score (nSPS) is 20.6. The number of allylic oxidation sites excluding steroid dienone is 3. The average molecular weight is 325 g/mol. The number of esters is 1. The number of dihydropyridines is 1. The van der Waals surface area contributed by atoms with Crippen LogP contribution in [0, 0.1) is 6.92 Å². The maximum atomic E-state index is 12.6. The van der Waals surface area contributed by atoms with Crippen LogP contribution < -0.4 is 5.32 Å². The summed E-state index contributed by atoms with van der Waals surface area (Å²) in [5.74, 6) is -0.560. The first-order chi connectivity index (χ1) is 11.5. The molecule has 1 aliphatic carbocycles. The van der Waals surface area contributed by atoms with Crippen LogP contribution in [0.1, 0.15) is 50.2 Å². The van der Waals surface area contributed by atoms with Crippen molar-refractivity contribution in [3.05, 3.63) is 57.9 Å². The van der Waals surface area contributed by atoms with Crippen LogP contribution in [-0.4, -0.2) is 18.4 Å². The van der Waals surface area contributed by atoms with Gasteiger partial charge in [-0.1, -0.05) is 29.8 Å². The minimum atomic E-state index is -0.349. The smallest absolute Gasteiger partial charge is 0.336 e. The Kier molecular flexibility index (Phi) is 4.56. The lowest BCUT2D eigenvalue weighted by molar-refractivity contribution is -0.138. The summed E-state index contributed by atoms with van der Waals surface area (Å²) >= 11 is 0. The maximum absolute atomic E-state index is 12.6. The van der Waals surface area contributed by atoms with Gasteiger partial charge in [0, 0.05) is 29.3 Å². The summed E-state index contributed by atoms with van der Waals surface area (Å²) in [6.07, 6.45) is 2.24. The highest BCUT2D eigenvalue weighted by atomic mass is 16.5. The predicted molar refractivity (Wildman–Crippen MR) is 92.3 cm³/mol. The van der Waals surface area contributed by atoms with E-state index in [0.717, 1.165) is 40.9 Å². The van der Waals surface area contributed by atoms with E-state index in [1.54, 1.807) is 6.92 Å². The summed E-state index contributed by atoms with van der Waals surface area (Å²) in [5, 5.41) is 3.29. The number of rotatable bonds is 3. The van der Waals surface area contributed by atoms with Crippen molar-refractivity contribution in [2.75, 3.05) is 6.61 Å². The van der Waals surface area contributed by atoms with Gasteiger partial charge in [-0.05, 0) is 39.2 Å². The third-order valence-electron chi connectivity index (χ3n) is 4.68. The topological polar surface area (TPSA) is 55.4 Å². The van der Waals surface area contributed by atoms with Crippen molar-refractivity contribution in [2.24, 2.45) is 0 Å². The zero-order chi connectivity index (χ0) is 17.3. The first kappa shape index (κ1) is 16.5. The predicted octanol–water partition coefficient (Wildman–Crippen LogP) is 3.53. The molecule has 1 aromatic rings. The largest absolute Gasteiger partial charge is 0.463 e. The van der Waals surface area contributed by atoms with Gasteiger partial charge in [-0.25, -0.2) is 4.79 Å².